The Kier molecular flexibility index (Phi) is 5.56. The van der Waals surface area contributed by atoms with Crippen molar-refractivity contribution < 1.29 is 22.4 Å². The van der Waals surface area contributed by atoms with Crippen LogP contribution in [0.25, 0.3) is 11.0 Å². The van der Waals surface area contributed by atoms with E-state index in [1.165, 1.54) is 12.1 Å². The number of amides is 1. The number of rotatable bonds is 5. The van der Waals surface area contributed by atoms with Crippen LogP contribution in [0, 0.1) is 6.92 Å². The van der Waals surface area contributed by atoms with Crippen molar-refractivity contribution in [2.75, 3.05) is 0 Å². The van der Waals surface area contributed by atoms with Crippen molar-refractivity contribution >= 4 is 26.9 Å². The summed E-state index contributed by atoms with van der Waals surface area (Å²) in [7, 11) is -3.96. The lowest BCUT2D eigenvalue weighted by molar-refractivity contribution is -0.0608. The summed E-state index contributed by atoms with van der Waals surface area (Å²) in [6, 6.07) is 13.1. The van der Waals surface area contributed by atoms with Crippen molar-refractivity contribution in [2.24, 2.45) is 0 Å². The molecule has 0 aliphatic heterocycles. The number of aryl methyl sites for hydroxylation is 1. The second-order valence-electron chi connectivity index (χ2n) is 7.97. The van der Waals surface area contributed by atoms with Gasteiger partial charge >= 0.3 is 0 Å². The van der Waals surface area contributed by atoms with Crippen LogP contribution < -0.4 is 4.72 Å². The topological polar surface area (TPSA) is 85.6 Å². The summed E-state index contributed by atoms with van der Waals surface area (Å²) in [5, 5.41) is 0.699. The monoisotopic (exact) mass is 415 g/mol. The van der Waals surface area contributed by atoms with Gasteiger partial charge in [-0.15, -0.1) is 0 Å². The van der Waals surface area contributed by atoms with E-state index in [2.05, 4.69) is 4.72 Å². The van der Waals surface area contributed by atoms with E-state index in [1.54, 1.807) is 43.3 Å². The molecule has 1 aromatic heterocycles. The maximum absolute atomic E-state index is 12.6. The van der Waals surface area contributed by atoms with Crippen molar-refractivity contribution in [2.45, 2.75) is 51.2 Å². The third-order valence-electron chi connectivity index (χ3n) is 4.34. The molecule has 2 aromatic carbocycles. The average Bonchev–Trinajstić information content (AvgIpc) is 3.03. The molecule has 29 heavy (non-hydrogen) atoms. The van der Waals surface area contributed by atoms with Crippen LogP contribution in [0.15, 0.2) is 57.8 Å². The number of hydrogen-bond donors (Lipinski definition) is 1. The largest absolute Gasteiger partial charge is 0.458 e. The second kappa shape index (κ2) is 7.65. The first-order valence-electron chi connectivity index (χ1n) is 9.30. The Bertz CT molecular complexity index is 1160. The van der Waals surface area contributed by atoms with E-state index in [-0.39, 0.29) is 22.2 Å². The van der Waals surface area contributed by atoms with Crippen molar-refractivity contribution in [3.63, 3.8) is 0 Å². The predicted molar refractivity (Wildman–Crippen MR) is 111 cm³/mol. The van der Waals surface area contributed by atoms with Crippen molar-refractivity contribution in [3.05, 3.63) is 65.4 Å². The van der Waals surface area contributed by atoms with Gasteiger partial charge in [-0.25, -0.2) is 13.1 Å². The highest BCUT2D eigenvalue weighted by Gasteiger charge is 2.22. The van der Waals surface area contributed by atoms with Gasteiger partial charge in [0.1, 0.15) is 17.4 Å². The number of fused-ring (bicyclic) bond motifs is 1. The van der Waals surface area contributed by atoms with Crippen LogP contribution in [0.3, 0.4) is 0 Å². The number of sulfonamides is 1. The van der Waals surface area contributed by atoms with Gasteiger partial charge in [-0.2, -0.15) is 0 Å². The fourth-order valence-corrected chi connectivity index (χ4v) is 4.31. The molecular formula is C22H25NO5S. The SMILES string of the molecule is Cc1ccccc1S(=O)(=O)NC(=O)c1ccc2oc(C(C)OC(C)(C)C)cc2c1. The van der Waals surface area contributed by atoms with Crippen molar-refractivity contribution in [3.8, 4) is 0 Å². The zero-order valence-corrected chi connectivity index (χ0v) is 18.0. The smallest absolute Gasteiger partial charge is 0.265 e. The minimum atomic E-state index is -3.96. The maximum Gasteiger partial charge on any atom is 0.265 e. The quantitative estimate of drug-likeness (QED) is 0.651. The molecule has 0 saturated carbocycles. The Hall–Kier alpha value is -2.64. The van der Waals surface area contributed by atoms with E-state index in [4.69, 9.17) is 9.15 Å². The number of benzene rings is 2. The number of hydrogen-bond acceptors (Lipinski definition) is 5. The molecule has 3 aromatic rings. The molecule has 0 saturated heterocycles. The molecule has 0 aliphatic rings. The van der Waals surface area contributed by atoms with E-state index in [0.717, 1.165) is 0 Å². The van der Waals surface area contributed by atoms with Crippen LogP contribution in [0.5, 0.6) is 0 Å². The van der Waals surface area contributed by atoms with E-state index in [9.17, 15) is 13.2 Å². The summed E-state index contributed by atoms with van der Waals surface area (Å²) in [6.45, 7) is 9.46. The molecule has 0 aliphatic carbocycles. The molecule has 1 N–H and O–H groups in total. The Morgan fingerprint density at radius 2 is 1.79 bits per heavy atom. The lowest BCUT2D eigenvalue weighted by Gasteiger charge is -2.23. The van der Waals surface area contributed by atoms with Gasteiger partial charge in [-0.3, -0.25) is 4.79 Å². The fraction of sp³-hybridized carbons (Fsp3) is 0.318. The number of carbonyl (C=O) groups excluding carboxylic acids is 1. The molecule has 0 spiro atoms. The zero-order valence-electron chi connectivity index (χ0n) is 17.1. The number of carbonyl (C=O) groups is 1. The van der Waals surface area contributed by atoms with Crippen LogP contribution in [-0.4, -0.2) is 19.9 Å². The first-order valence-corrected chi connectivity index (χ1v) is 10.8. The Morgan fingerprint density at radius 1 is 1.10 bits per heavy atom. The molecule has 3 rings (SSSR count). The molecule has 0 radical (unpaired) electrons. The summed E-state index contributed by atoms with van der Waals surface area (Å²) in [5.41, 5.74) is 1.07. The zero-order chi connectivity index (χ0) is 21.4. The highest BCUT2D eigenvalue weighted by molar-refractivity contribution is 7.90. The number of furan rings is 1. The van der Waals surface area contributed by atoms with E-state index in [1.807, 2.05) is 27.7 Å². The summed E-state index contributed by atoms with van der Waals surface area (Å²) >= 11 is 0. The average molecular weight is 416 g/mol. The highest BCUT2D eigenvalue weighted by atomic mass is 32.2. The molecule has 154 valence electrons. The fourth-order valence-electron chi connectivity index (χ4n) is 3.09. The highest BCUT2D eigenvalue weighted by Crippen LogP contribution is 2.29. The Balaban J connectivity index is 1.85. The summed E-state index contributed by atoms with van der Waals surface area (Å²) in [5.74, 6) is -0.0584. The maximum atomic E-state index is 12.6. The molecule has 0 bridgehead atoms. The van der Waals surface area contributed by atoms with E-state index in [0.29, 0.717) is 22.3 Å². The lowest BCUT2D eigenvalue weighted by atomic mass is 10.1. The summed E-state index contributed by atoms with van der Waals surface area (Å²) < 4.78 is 39.0. The van der Waals surface area contributed by atoms with Crippen LogP contribution in [0.1, 0.15) is 55.5 Å². The first-order chi connectivity index (χ1) is 13.5. The van der Waals surface area contributed by atoms with Crippen molar-refractivity contribution in [1.29, 1.82) is 0 Å². The standard InChI is InChI=1S/C22H25NO5S/c1-14-8-6-7-9-20(14)29(25,26)23-21(24)16-10-11-18-17(12-16)13-19(27-18)15(2)28-22(3,4)5/h6-13,15H,1-5H3,(H,23,24). The van der Waals surface area contributed by atoms with E-state index < -0.39 is 15.9 Å². The molecule has 1 amide bonds. The van der Waals surface area contributed by atoms with Crippen LogP contribution >= 0.6 is 0 Å². The van der Waals surface area contributed by atoms with Gasteiger partial charge in [0.2, 0.25) is 0 Å². The minimum Gasteiger partial charge on any atom is -0.458 e. The number of ether oxygens (including phenoxy) is 1. The molecule has 1 atom stereocenters. The first kappa shape index (κ1) is 21.1. The van der Waals surface area contributed by atoms with Gasteiger partial charge in [0.05, 0.1) is 10.5 Å². The van der Waals surface area contributed by atoms with Crippen LogP contribution in [0.2, 0.25) is 0 Å². The third kappa shape index (κ3) is 4.86. The predicted octanol–water partition coefficient (Wildman–Crippen LogP) is 4.74. The number of nitrogens with one attached hydrogen (secondary N) is 1. The molecule has 0 fully saturated rings. The van der Waals surface area contributed by atoms with Gasteiger partial charge in [0, 0.05) is 10.9 Å². The molecule has 1 heterocycles. The molecule has 1 unspecified atom stereocenters. The molecule has 6 nitrogen and oxygen atoms in total. The van der Waals surface area contributed by atoms with Crippen LogP contribution in [-0.2, 0) is 14.8 Å². The third-order valence-corrected chi connectivity index (χ3v) is 5.83. The normalized spacial score (nSPS) is 13.4. The lowest BCUT2D eigenvalue weighted by Crippen LogP contribution is -2.31. The van der Waals surface area contributed by atoms with Gasteiger partial charge in [0.25, 0.3) is 15.9 Å². The minimum absolute atomic E-state index is 0.0770. The van der Waals surface area contributed by atoms with E-state index >= 15 is 0 Å². The van der Waals surface area contributed by atoms with Gasteiger partial charge in [-0.1, -0.05) is 18.2 Å². The Labute approximate surface area is 170 Å². The Morgan fingerprint density at radius 3 is 2.45 bits per heavy atom. The summed E-state index contributed by atoms with van der Waals surface area (Å²) in [4.78, 5) is 12.6. The van der Waals surface area contributed by atoms with Gasteiger partial charge in [0.15, 0.2) is 0 Å². The summed E-state index contributed by atoms with van der Waals surface area (Å²) in [6.07, 6.45) is -0.263. The molecule has 7 heteroatoms. The molecular weight excluding hydrogens is 390 g/mol. The van der Waals surface area contributed by atoms with Crippen molar-refractivity contribution in [1.82, 2.24) is 4.72 Å². The second-order valence-corrected chi connectivity index (χ2v) is 9.62. The van der Waals surface area contributed by atoms with Crippen LogP contribution in [0.4, 0.5) is 0 Å². The van der Waals surface area contributed by atoms with Gasteiger partial charge in [-0.05, 0) is 70.5 Å². The van der Waals surface area contributed by atoms with Gasteiger partial charge < -0.3 is 9.15 Å².